The molecule has 1 aromatic carbocycles. The molecule has 4 nitrogen and oxygen atoms in total. The maximum absolute atomic E-state index is 11.9. The van der Waals surface area contributed by atoms with Crippen molar-refractivity contribution < 1.29 is 4.79 Å². The van der Waals surface area contributed by atoms with Crippen LogP contribution < -0.4 is 5.01 Å². The molecule has 0 unspecified atom stereocenters. The maximum atomic E-state index is 11.9. The zero-order valence-corrected chi connectivity index (χ0v) is 10.8. The molecule has 0 saturated carbocycles. The summed E-state index contributed by atoms with van der Waals surface area (Å²) in [5.74, 6) is -0.0235. The molecule has 0 atom stereocenters. The lowest BCUT2D eigenvalue weighted by Crippen LogP contribution is -2.20. The second kappa shape index (κ2) is 4.26. The first-order valence-electron chi connectivity index (χ1n) is 5.83. The number of carbonyl (C=O) groups is 1. The van der Waals surface area contributed by atoms with Crippen LogP contribution in [0.15, 0.2) is 29.4 Å². The van der Waals surface area contributed by atoms with E-state index in [4.69, 9.17) is 5.26 Å². The molecule has 18 heavy (non-hydrogen) atoms. The Morgan fingerprint density at radius 2 is 1.89 bits per heavy atom. The predicted octanol–water partition coefficient (Wildman–Crippen LogP) is 2.70. The molecule has 1 heterocycles. The Morgan fingerprint density at radius 1 is 1.28 bits per heavy atom. The summed E-state index contributed by atoms with van der Waals surface area (Å²) in [4.78, 5) is 11.9. The third-order valence-electron chi connectivity index (χ3n) is 2.88. The molecule has 4 heteroatoms. The van der Waals surface area contributed by atoms with Crippen molar-refractivity contribution in [2.24, 2.45) is 10.5 Å². The molecule has 0 spiro atoms. The maximum Gasteiger partial charge on any atom is 0.253 e. The topological polar surface area (TPSA) is 56.5 Å². The number of anilines is 1. The number of carbonyl (C=O) groups excluding carboxylic acids is 1. The van der Waals surface area contributed by atoms with Gasteiger partial charge in [-0.25, -0.2) is 5.01 Å². The van der Waals surface area contributed by atoms with Crippen molar-refractivity contribution in [3.05, 3.63) is 29.8 Å². The number of hydrazone groups is 1. The lowest BCUT2D eigenvalue weighted by atomic mass is 9.88. The van der Waals surface area contributed by atoms with Gasteiger partial charge in [-0.2, -0.15) is 10.4 Å². The fourth-order valence-electron chi connectivity index (χ4n) is 1.72. The summed E-state index contributed by atoms with van der Waals surface area (Å²) in [5.41, 5.74) is 2.07. The normalized spacial score (nSPS) is 15.6. The van der Waals surface area contributed by atoms with Crippen molar-refractivity contribution in [3.63, 3.8) is 0 Å². The largest absolute Gasteiger partial charge is 0.272 e. The Morgan fingerprint density at radius 3 is 2.33 bits per heavy atom. The first-order chi connectivity index (χ1) is 8.41. The van der Waals surface area contributed by atoms with Gasteiger partial charge in [-0.3, -0.25) is 4.79 Å². The van der Waals surface area contributed by atoms with Crippen LogP contribution in [0.1, 0.15) is 32.8 Å². The molecule has 2 rings (SSSR count). The Balaban J connectivity index is 2.31. The van der Waals surface area contributed by atoms with Crippen LogP contribution >= 0.6 is 0 Å². The molecule has 0 N–H and O–H groups in total. The van der Waals surface area contributed by atoms with Crippen molar-refractivity contribution in [1.82, 2.24) is 0 Å². The lowest BCUT2D eigenvalue weighted by molar-refractivity contribution is -0.116. The molecule has 1 amide bonds. The standard InChI is InChI=1S/C14H15N3O/c1-14(2,3)12-8-13(18)17(16-12)11-6-4-10(9-15)5-7-11/h4-7H,8H2,1-3H3. The van der Waals surface area contributed by atoms with Gasteiger partial charge in [-0.1, -0.05) is 20.8 Å². The van der Waals surface area contributed by atoms with Gasteiger partial charge in [-0.15, -0.1) is 0 Å². The van der Waals surface area contributed by atoms with E-state index in [9.17, 15) is 4.79 Å². The molecule has 1 aliphatic rings. The number of benzene rings is 1. The molecular weight excluding hydrogens is 226 g/mol. The van der Waals surface area contributed by atoms with Crippen LogP contribution in [0, 0.1) is 16.7 Å². The number of hydrogen-bond acceptors (Lipinski definition) is 3. The predicted molar refractivity (Wildman–Crippen MR) is 70.2 cm³/mol. The van der Waals surface area contributed by atoms with E-state index < -0.39 is 0 Å². The van der Waals surface area contributed by atoms with E-state index in [2.05, 4.69) is 5.10 Å². The van der Waals surface area contributed by atoms with Gasteiger partial charge in [0.25, 0.3) is 5.91 Å². The molecule has 1 aliphatic heterocycles. The lowest BCUT2D eigenvalue weighted by Gasteiger charge is -2.16. The molecule has 92 valence electrons. The summed E-state index contributed by atoms with van der Waals surface area (Å²) in [6.45, 7) is 6.13. The van der Waals surface area contributed by atoms with Crippen LogP contribution in [0.25, 0.3) is 0 Å². The molecule has 0 saturated heterocycles. The summed E-state index contributed by atoms with van der Waals surface area (Å²) in [5, 5.41) is 14.5. The molecule has 0 aromatic heterocycles. The highest BCUT2D eigenvalue weighted by Crippen LogP contribution is 2.27. The SMILES string of the molecule is CC(C)(C)C1=NN(c2ccc(C#N)cc2)C(=O)C1. The fraction of sp³-hybridized carbons (Fsp3) is 0.357. The van der Waals surface area contributed by atoms with E-state index >= 15 is 0 Å². The molecular formula is C14H15N3O. The molecule has 0 aliphatic carbocycles. The second-order valence-corrected chi connectivity index (χ2v) is 5.34. The summed E-state index contributed by atoms with van der Waals surface area (Å²) in [7, 11) is 0. The van der Waals surface area contributed by atoms with Gasteiger partial charge < -0.3 is 0 Å². The highest BCUT2D eigenvalue weighted by Gasteiger charge is 2.31. The summed E-state index contributed by atoms with van der Waals surface area (Å²) in [6.07, 6.45) is 0.365. The number of nitrogens with zero attached hydrogens (tertiary/aromatic N) is 3. The second-order valence-electron chi connectivity index (χ2n) is 5.34. The summed E-state index contributed by atoms with van der Waals surface area (Å²) in [6, 6.07) is 8.91. The van der Waals surface area contributed by atoms with Gasteiger partial charge in [0.1, 0.15) is 0 Å². The third-order valence-corrected chi connectivity index (χ3v) is 2.88. The molecule has 0 bridgehead atoms. The van der Waals surface area contributed by atoms with Gasteiger partial charge in [-0.05, 0) is 24.3 Å². The first kappa shape index (κ1) is 12.3. The smallest absolute Gasteiger partial charge is 0.253 e. The van der Waals surface area contributed by atoms with Crippen molar-refractivity contribution in [1.29, 1.82) is 5.26 Å². The van der Waals surface area contributed by atoms with Gasteiger partial charge >= 0.3 is 0 Å². The zero-order chi connectivity index (χ0) is 13.3. The van der Waals surface area contributed by atoms with Crippen molar-refractivity contribution in [3.8, 4) is 6.07 Å². The van der Waals surface area contributed by atoms with Crippen LogP contribution in [0.5, 0.6) is 0 Å². The summed E-state index contributed by atoms with van der Waals surface area (Å²) >= 11 is 0. The Hall–Kier alpha value is -2.15. The third kappa shape index (κ3) is 2.25. The minimum absolute atomic E-state index is 0.0235. The number of amides is 1. The molecule has 1 aromatic rings. The number of rotatable bonds is 1. The van der Waals surface area contributed by atoms with E-state index in [-0.39, 0.29) is 11.3 Å². The average Bonchev–Trinajstić information content (AvgIpc) is 2.71. The van der Waals surface area contributed by atoms with Gasteiger partial charge in [0.15, 0.2) is 0 Å². The van der Waals surface area contributed by atoms with Crippen LogP contribution in [-0.4, -0.2) is 11.6 Å². The quantitative estimate of drug-likeness (QED) is 0.759. The van der Waals surface area contributed by atoms with E-state index in [1.807, 2.05) is 26.8 Å². The minimum Gasteiger partial charge on any atom is -0.272 e. The Bertz CT molecular complexity index is 544. The highest BCUT2D eigenvalue weighted by atomic mass is 16.2. The van der Waals surface area contributed by atoms with Crippen LogP contribution in [-0.2, 0) is 4.79 Å². The van der Waals surface area contributed by atoms with Gasteiger partial charge in [0, 0.05) is 5.41 Å². The Labute approximate surface area is 107 Å². The average molecular weight is 241 g/mol. The van der Waals surface area contributed by atoms with Crippen molar-refractivity contribution in [2.75, 3.05) is 5.01 Å². The van der Waals surface area contributed by atoms with E-state index in [1.165, 1.54) is 5.01 Å². The monoisotopic (exact) mass is 241 g/mol. The van der Waals surface area contributed by atoms with E-state index in [0.717, 1.165) is 5.71 Å². The van der Waals surface area contributed by atoms with Crippen molar-refractivity contribution >= 4 is 17.3 Å². The highest BCUT2D eigenvalue weighted by molar-refractivity contribution is 6.14. The van der Waals surface area contributed by atoms with E-state index in [1.54, 1.807) is 24.3 Å². The first-order valence-corrected chi connectivity index (χ1v) is 5.83. The Kier molecular flexibility index (Phi) is 2.92. The van der Waals surface area contributed by atoms with Gasteiger partial charge in [0.05, 0.1) is 29.5 Å². The van der Waals surface area contributed by atoms with Crippen LogP contribution in [0.4, 0.5) is 5.69 Å². The zero-order valence-electron chi connectivity index (χ0n) is 10.8. The summed E-state index contributed by atoms with van der Waals surface area (Å²) < 4.78 is 0. The number of hydrogen-bond donors (Lipinski definition) is 0. The minimum atomic E-state index is -0.100. The van der Waals surface area contributed by atoms with Gasteiger partial charge in [0.2, 0.25) is 0 Å². The molecule has 0 fully saturated rings. The van der Waals surface area contributed by atoms with Crippen LogP contribution in [0.3, 0.4) is 0 Å². The molecule has 0 radical (unpaired) electrons. The number of nitriles is 1. The van der Waals surface area contributed by atoms with Crippen LogP contribution in [0.2, 0.25) is 0 Å². The van der Waals surface area contributed by atoms with E-state index in [0.29, 0.717) is 17.7 Å². The van der Waals surface area contributed by atoms with Crippen molar-refractivity contribution in [2.45, 2.75) is 27.2 Å². The fourth-order valence-corrected chi connectivity index (χ4v) is 1.72.